The van der Waals surface area contributed by atoms with Gasteiger partial charge in [0.05, 0.1) is 25.3 Å². The smallest absolute Gasteiger partial charge is 0.305 e. The number of methoxy groups -OCH3 is 1. The molecule has 1 saturated heterocycles. The monoisotopic (exact) mass is 356 g/mol. The number of carbonyl (C=O) groups is 2. The van der Waals surface area contributed by atoms with Crippen LogP contribution in [-0.4, -0.2) is 49.7 Å². The molecule has 1 aromatic rings. The van der Waals surface area contributed by atoms with Gasteiger partial charge in [0.15, 0.2) is 0 Å². The number of hydrogen-bond acceptors (Lipinski definition) is 5. The summed E-state index contributed by atoms with van der Waals surface area (Å²) in [6, 6.07) is 6.14. The quantitative estimate of drug-likeness (QED) is 0.726. The van der Waals surface area contributed by atoms with E-state index in [0.717, 1.165) is 0 Å². The summed E-state index contributed by atoms with van der Waals surface area (Å²) in [5, 5.41) is 14.2. The molecular weight excluding hydrogens is 336 g/mol. The van der Waals surface area contributed by atoms with Crippen molar-refractivity contribution in [2.45, 2.75) is 18.9 Å². The Kier molecular flexibility index (Phi) is 5.45. The molecule has 2 rings (SSSR count). The average Bonchev–Trinajstić information content (AvgIpc) is 2.82. The molecule has 0 spiro atoms. The van der Waals surface area contributed by atoms with Crippen LogP contribution in [0.15, 0.2) is 24.3 Å². The summed E-state index contributed by atoms with van der Waals surface area (Å²) in [4.78, 5) is 24.9. The Labute approximate surface area is 140 Å². The largest absolute Gasteiger partial charge is 0.497 e. The highest BCUT2D eigenvalue weighted by molar-refractivity contribution is 7.89. The van der Waals surface area contributed by atoms with Gasteiger partial charge in [-0.3, -0.25) is 9.59 Å². The second-order valence-corrected chi connectivity index (χ2v) is 7.50. The molecule has 1 aliphatic heterocycles. The molecule has 2 unspecified atom stereocenters. The number of aliphatic carboxylic acids is 1. The number of nitrogens with zero attached hydrogens (tertiary/aromatic N) is 1. The standard InChI is InChI=1S/C15H20N2O6S/c1-23-12-4-2-3-11(6-12)13(7-15(19)20)17-8-10(5-14(17)18)9-24(16,21)22/h2-4,6,10,13H,5,7-9H2,1H3,(H,19,20)(H2,16,21,22). The van der Waals surface area contributed by atoms with Crippen molar-refractivity contribution in [2.24, 2.45) is 11.1 Å². The fraction of sp³-hybridized carbons (Fsp3) is 0.467. The third-order valence-electron chi connectivity index (χ3n) is 3.93. The summed E-state index contributed by atoms with van der Waals surface area (Å²) < 4.78 is 27.6. The molecule has 0 aliphatic carbocycles. The minimum atomic E-state index is -3.69. The van der Waals surface area contributed by atoms with Crippen LogP contribution in [0.2, 0.25) is 0 Å². The van der Waals surface area contributed by atoms with Gasteiger partial charge >= 0.3 is 5.97 Å². The van der Waals surface area contributed by atoms with Crippen molar-refractivity contribution in [1.29, 1.82) is 0 Å². The molecule has 1 amide bonds. The number of carboxylic acids is 1. The second kappa shape index (κ2) is 7.18. The molecule has 8 nitrogen and oxygen atoms in total. The van der Waals surface area contributed by atoms with Crippen LogP contribution in [0.3, 0.4) is 0 Å². The Morgan fingerprint density at radius 3 is 2.79 bits per heavy atom. The summed E-state index contributed by atoms with van der Waals surface area (Å²) in [5.41, 5.74) is 0.626. The Morgan fingerprint density at radius 2 is 2.21 bits per heavy atom. The molecule has 3 N–H and O–H groups in total. The highest BCUT2D eigenvalue weighted by Gasteiger charge is 2.37. The van der Waals surface area contributed by atoms with Gasteiger partial charge in [0, 0.05) is 18.9 Å². The number of ether oxygens (including phenoxy) is 1. The number of nitrogens with two attached hydrogens (primary N) is 1. The Balaban J connectivity index is 2.27. The molecule has 0 radical (unpaired) electrons. The van der Waals surface area contributed by atoms with Gasteiger partial charge in [-0.05, 0) is 17.7 Å². The lowest BCUT2D eigenvalue weighted by atomic mass is 10.0. The maximum absolute atomic E-state index is 12.3. The van der Waals surface area contributed by atoms with Crippen molar-refractivity contribution < 1.29 is 27.9 Å². The van der Waals surface area contributed by atoms with E-state index in [1.54, 1.807) is 24.3 Å². The predicted molar refractivity (Wildman–Crippen MR) is 85.8 cm³/mol. The van der Waals surface area contributed by atoms with Crippen molar-refractivity contribution in [1.82, 2.24) is 4.90 Å². The van der Waals surface area contributed by atoms with Crippen LogP contribution >= 0.6 is 0 Å². The highest BCUT2D eigenvalue weighted by Crippen LogP contribution is 2.33. The van der Waals surface area contributed by atoms with Gasteiger partial charge < -0.3 is 14.7 Å². The molecule has 9 heteroatoms. The van der Waals surface area contributed by atoms with Crippen molar-refractivity contribution in [3.63, 3.8) is 0 Å². The first-order chi connectivity index (χ1) is 11.2. The zero-order valence-corrected chi connectivity index (χ0v) is 14.0. The zero-order valence-electron chi connectivity index (χ0n) is 13.2. The minimum absolute atomic E-state index is 0.0382. The van der Waals surface area contributed by atoms with E-state index in [1.807, 2.05) is 0 Å². The highest BCUT2D eigenvalue weighted by atomic mass is 32.2. The number of rotatable bonds is 7. The van der Waals surface area contributed by atoms with Gasteiger partial charge in [0.25, 0.3) is 0 Å². The normalized spacial score (nSPS) is 19.3. The van der Waals surface area contributed by atoms with Crippen LogP contribution < -0.4 is 9.88 Å². The number of carbonyl (C=O) groups excluding carboxylic acids is 1. The molecule has 1 aliphatic rings. The molecule has 1 fully saturated rings. The first-order valence-corrected chi connectivity index (χ1v) is 9.07. The number of amides is 1. The summed E-state index contributed by atoms with van der Waals surface area (Å²) in [7, 11) is -2.20. The van der Waals surface area contributed by atoms with Crippen molar-refractivity contribution in [3.8, 4) is 5.75 Å². The van der Waals surface area contributed by atoms with Gasteiger partial charge in [-0.25, -0.2) is 13.6 Å². The maximum Gasteiger partial charge on any atom is 0.305 e. The lowest BCUT2D eigenvalue weighted by Crippen LogP contribution is -2.33. The topological polar surface area (TPSA) is 127 Å². The lowest BCUT2D eigenvalue weighted by Gasteiger charge is -2.27. The fourth-order valence-electron chi connectivity index (χ4n) is 2.97. The number of carboxylic acid groups (broad SMARTS) is 1. The van der Waals surface area contributed by atoms with Crippen LogP contribution in [0, 0.1) is 5.92 Å². The molecule has 0 aromatic heterocycles. The van der Waals surface area contributed by atoms with Crippen LogP contribution in [0.25, 0.3) is 0 Å². The molecule has 0 saturated carbocycles. The number of likely N-dealkylation sites (tertiary alicyclic amines) is 1. The molecular formula is C15H20N2O6S. The van der Waals surface area contributed by atoms with E-state index in [2.05, 4.69) is 0 Å². The summed E-state index contributed by atoms with van der Waals surface area (Å²) >= 11 is 0. The summed E-state index contributed by atoms with van der Waals surface area (Å²) in [6.45, 7) is 0.157. The maximum atomic E-state index is 12.3. The average molecular weight is 356 g/mol. The third kappa shape index (κ3) is 4.68. The fourth-order valence-corrected chi connectivity index (χ4v) is 3.85. The van der Waals surface area contributed by atoms with Crippen molar-refractivity contribution >= 4 is 21.9 Å². The predicted octanol–water partition coefficient (Wildman–Crippen LogP) is 0.348. The Bertz CT molecular complexity index is 733. The van der Waals surface area contributed by atoms with E-state index >= 15 is 0 Å². The van der Waals surface area contributed by atoms with Gasteiger partial charge in [-0.15, -0.1) is 0 Å². The van der Waals surface area contributed by atoms with Gasteiger partial charge in [0.1, 0.15) is 5.75 Å². The van der Waals surface area contributed by atoms with E-state index in [0.29, 0.717) is 11.3 Å². The zero-order chi connectivity index (χ0) is 17.9. The second-order valence-electron chi connectivity index (χ2n) is 5.84. The number of benzene rings is 1. The lowest BCUT2D eigenvalue weighted by molar-refractivity contribution is -0.139. The molecule has 0 bridgehead atoms. The molecule has 1 aromatic carbocycles. The van der Waals surface area contributed by atoms with E-state index < -0.39 is 28.0 Å². The van der Waals surface area contributed by atoms with E-state index in [-0.39, 0.29) is 31.0 Å². The van der Waals surface area contributed by atoms with Crippen LogP contribution in [0.5, 0.6) is 5.75 Å². The SMILES string of the molecule is COc1cccc(C(CC(=O)O)N2CC(CS(N)(=O)=O)CC2=O)c1. The molecule has 24 heavy (non-hydrogen) atoms. The first kappa shape index (κ1) is 18.2. The Hall–Kier alpha value is -2.13. The molecule has 1 heterocycles. The number of hydrogen-bond donors (Lipinski definition) is 2. The van der Waals surface area contributed by atoms with Crippen LogP contribution in [-0.2, 0) is 19.6 Å². The minimum Gasteiger partial charge on any atom is -0.497 e. The van der Waals surface area contributed by atoms with Gasteiger partial charge in [0.2, 0.25) is 15.9 Å². The van der Waals surface area contributed by atoms with E-state index in [4.69, 9.17) is 9.88 Å². The van der Waals surface area contributed by atoms with E-state index in [1.165, 1.54) is 12.0 Å². The third-order valence-corrected chi connectivity index (χ3v) is 4.87. The number of sulfonamides is 1. The van der Waals surface area contributed by atoms with Gasteiger partial charge in [-0.2, -0.15) is 0 Å². The summed E-state index contributed by atoms with van der Waals surface area (Å²) in [5.74, 6) is -1.51. The van der Waals surface area contributed by atoms with Gasteiger partial charge in [-0.1, -0.05) is 12.1 Å². The molecule has 2 atom stereocenters. The van der Waals surface area contributed by atoms with E-state index in [9.17, 15) is 23.1 Å². The number of primary sulfonamides is 1. The molecule has 132 valence electrons. The first-order valence-electron chi connectivity index (χ1n) is 7.35. The van der Waals surface area contributed by atoms with Crippen LogP contribution in [0.4, 0.5) is 0 Å². The summed E-state index contributed by atoms with van der Waals surface area (Å²) in [6.07, 6.45) is -0.239. The van der Waals surface area contributed by atoms with Crippen molar-refractivity contribution in [2.75, 3.05) is 19.4 Å². The van der Waals surface area contributed by atoms with Crippen LogP contribution in [0.1, 0.15) is 24.4 Å². The Morgan fingerprint density at radius 1 is 1.50 bits per heavy atom. The van der Waals surface area contributed by atoms with Crippen molar-refractivity contribution in [3.05, 3.63) is 29.8 Å².